The molecule has 0 aromatic heterocycles. The highest BCUT2D eigenvalue weighted by Gasteiger charge is 2.37. The molecule has 0 aliphatic carbocycles. The first kappa shape index (κ1) is 30.1. The summed E-state index contributed by atoms with van der Waals surface area (Å²) in [6.07, 6.45) is -0.0908. The van der Waals surface area contributed by atoms with Crippen LogP contribution in [-0.2, 0) is 28.8 Å². The summed E-state index contributed by atoms with van der Waals surface area (Å²) < 4.78 is 0. The maximum atomic E-state index is 13.0. The van der Waals surface area contributed by atoms with Crippen molar-refractivity contribution in [1.29, 1.82) is 0 Å². The normalized spacial score (nSPS) is 30.3. The molecule has 0 aromatic rings. The smallest absolute Gasteiger partial charge is 0.318 e. The van der Waals surface area contributed by atoms with E-state index in [0.717, 1.165) is 11.8 Å². The molecular weight excluding hydrogens is 484 g/mol. The summed E-state index contributed by atoms with van der Waals surface area (Å²) in [6, 6.07) is -6.30. The molecule has 0 spiro atoms. The van der Waals surface area contributed by atoms with Crippen molar-refractivity contribution in [1.82, 2.24) is 21.3 Å². The zero-order chi connectivity index (χ0) is 26.9. The summed E-state index contributed by atoms with van der Waals surface area (Å²) in [4.78, 5) is 74.1. The molecule has 0 radical (unpaired) electrons. The Balaban J connectivity index is 3.42. The van der Waals surface area contributed by atoms with Crippen LogP contribution in [0.15, 0.2) is 0 Å². The summed E-state index contributed by atoms with van der Waals surface area (Å²) in [7, 11) is 0. The van der Waals surface area contributed by atoms with E-state index in [-0.39, 0.29) is 11.7 Å². The average Bonchev–Trinajstić information content (AvgIpc) is 2.78. The second-order valence-electron chi connectivity index (χ2n) is 8.32. The first-order valence-electron chi connectivity index (χ1n) is 11.0. The number of nitrogens with one attached hydrogen (secondary N) is 4. The van der Waals surface area contributed by atoms with E-state index in [1.54, 1.807) is 13.8 Å². The number of rotatable bonds is 6. The molecule has 1 aliphatic rings. The molecule has 1 fully saturated rings. The van der Waals surface area contributed by atoms with Crippen molar-refractivity contribution in [2.45, 2.75) is 69.1 Å². The number of nitrogens with two attached hydrogens (primary N) is 2. The Labute approximate surface area is 206 Å². The largest absolute Gasteiger partial charge is 0.480 e. The van der Waals surface area contributed by atoms with Gasteiger partial charge in [-0.05, 0) is 12.8 Å². The van der Waals surface area contributed by atoms with Crippen molar-refractivity contribution in [3.8, 4) is 0 Å². The molecular formula is C20H34N6O8S. The van der Waals surface area contributed by atoms with Crippen molar-refractivity contribution in [2.75, 3.05) is 12.4 Å². The van der Waals surface area contributed by atoms with Crippen molar-refractivity contribution in [2.24, 2.45) is 17.4 Å². The van der Waals surface area contributed by atoms with Gasteiger partial charge in [-0.25, -0.2) is 0 Å². The second-order valence-corrected chi connectivity index (χ2v) is 9.50. The molecule has 1 rings (SSSR count). The van der Waals surface area contributed by atoms with Gasteiger partial charge in [0.1, 0.15) is 23.4 Å². The van der Waals surface area contributed by atoms with Crippen molar-refractivity contribution >= 4 is 47.3 Å². The third-order valence-corrected chi connectivity index (χ3v) is 6.94. The number of carboxylic acid groups (broad SMARTS) is 1. The molecule has 0 saturated carbocycles. The minimum atomic E-state index is -1.44. The minimum Gasteiger partial charge on any atom is -0.480 e. The Morgan fingerprint density at radius 1 is 1.03 bits per heavy atom. The molecule has 0 aromatic carbocycles. The SMILES string of the molecule is CCC(C)C1NC(=O)[C@H](CC(N)=O)NC(=O)[C@H](C)NC(=O)C(CO)NC(=O)[C@@H](N)CSC1C(=O)O. The summed E-state index contributed by atoms with van der Waals surface area (Å²) in [5, 5.41) is 27.6. The fraction of sp³-hybridized carbons (Fsp3) is 0.700. The Bertz CT molecular complexity index is 827. The van der Waals surface area contributed by atoms with Crippen LogP contribution in [-0.4, -0.2) is 93.5 Å². The number of carboxylic acids is 1. The van der Waals surface area contributed by atoms with Gasteiger partial charge in [0.2, 0.25) is 29.5 Å². The first-order chi connectivity index (χ1) is 16.3. The van der Waals surface area contributed by atoms with E-state index in [4.69, 9.17) is 11.5 Å². The van der Waals surface area contributed by atoms with Crippen molar-refractivity contribution < 1.29 is 39.0 Å². The van der Waals surface area contributed by atoms with Gasteiger partial charge in [0.15, 0.2) is 0 Å². The highest BCUT2D eigenvalue weighted by Crippen LogP contribution is 2.23. The van der Waals surface area contributed by atoms with Crippen LogP contribution in [0.2, 0.25) is 0 Å². The van der Waals surface area contributed by atoms with Crippen LogP contribution in [0, 0.1) is 5.92 Å². The number of aliphatic carboxylic acids is 1. The van der Waals surface area contributed by atoms with Crippen LogP contribution in [0.4, 0.5) is 0 Å². The number of primary amides is 1. The molecule has 35 heavy (non-hydrogen) atoms. The van der Waals surface area contributed by atoms with E-state index in [1.807, 2.05) is 0 Å². The zero-order valence-electron chi connectivity index (χ0n) is 19.8. The van der Waals surface area contributed by atoms with Crippen LogP contribution in [0.1, 0.15) is 33.6 Å². The molecule has 1 aliphatic heterocycles. The highest BCUT2D eigenvalue weighted by molar-refractivity contribution is 8.00. The monoisotopic (exact) mass is 518 g/mol. The summed E-state index contributed by atoms with van der Waals surface area (Å²) in [5.41, 5.74) is 11.1. The van der Waals surface area contributed by atoms with Crippen molar-refractivity contribution in [3.05, 3.63) is 0 Å². The fourth-order valence-electron chi connectivity index (χ4n) is 3.21. The predicted octanol–water partition coefficient (Wildman–Crippen LogP) is -3.61. The lowest BCUT2D eigenvalue weighted by atomic mass is 9.95. The van der Waals surface area contributed by atoms with Crippen LogP contribution in [0.5, 0.6) is 0 Å². The third kappa shape index (κ3) is 8.99. The number of hydrogen-bond acceptors (Lipinski definition) is 9. The van der Waals surface area contributed by atoms with Gasteiger partial charge in [-0.3, -0.25) is 28.8 Å². The Morgan fingerprint density at radius 3 is 2.11 bits per heavy atom. The maximum absolute atomic E-state index is 13.0. The van der Waals surface area contributed by atoms with Crippen LogP contribution < -0.4 is 32.7 Å². The average molecular weight is 519 g/mol. The molecule has 7 atom stereocenters. The Hall–Kier alpha value is -2.91. The zero-order valence-corrected chi connectivity index (χ0v) is 20.6. The molecule has 1 heterocycles. The summed E-state index contributed by atoms with van der Waals surface area (Å²) >= 11 is 0.815. The molecule has 10 N–H and O–H groups in total. The lowest BCUT2D eigenvalue weighted by Crippen LogP contribution is -2.60. The van der Waals surface area contributed by atoms with Gasteiger partial charge >= 0.3 is 5.97 Å². The summed E-state index contributed by atoms with van der Waals surface area (Å²) in [5.74, 6) is -6.09. The predicted molar refractivity (Wildman–Crippen MR) is 126 cm³/mol. The number of aliphatic hydroxyl groups excluding tert-OH is 1. The molecule has 15 heteroatoms. The van der Waals surface area contributed by atoms with Crippen molar-refractivity contribution in [3.63, 3.8) is 0 Å². The highest BCUT2D eigenvalue weighted by atomic mass is 32.2. The number of hydrogen-bond donors (Lipinski definition) is 8. The van der Waals surface area contributed by atoms with Gasteiger partial charge in [0, 0.05) is 5.75 Å². The van der Waals surface area contributed by atoms with Gasteiger partial charge in [0.05, 0.1) is 25.1 Å². The van der Waals surface area contributed by atoms with E-state index in [2.05, 4.69) is 21.3 Å². The van der Waals surface area contributed by atoms with Gasteiger partial charge in [-0.1, -0.05) is 20.3 Å². The van der Waals surface area contributed by atoms with Gasteiger partial charge in [-0.15, -0.1) is 11.8 Å². The lowest BCUT2D eigenvalue weighted by molar-refractivity contribution is -0.138. The van der Waals surface area contributed by atoms with E-state index >= 15 is 0 Å². The Kier molecular flexibility index (Phi) is 11.9. The maximum Gasteiger partial charge on any atom is 0.318 e. The minimum absolute atomic E-state index is 0.177. The molecule has 1 saturated heterocycles. The first-order valence-corrected chi connectivity index (χ1v) is 12.1. The van der Waals surface area contributed by atoms with Crippen LogP contribution >= 0.6 is 11.8 Å². The van der Waals surface area contributed by atoms with Gasteiger partial charge < -0.3 is 42.9 Å². The topological polar surface area (TPSA) is 243 Å². The van der Waals surface area contributed by atoms with Crippen LogP contribution in [0.3, 0.4) is 0 Å². The third-order valence-electron chi connectivity index (χ3n) is 5.53. The van der Waals surface area contributed by atoms with E-state index in [9.17, 15) is 39.0 Å². The quantitative estimate of drug-likeness (QED) is 0.172. The Morgan fingerprint density at radius 2 is 1.60 bits per heavy atom. The van der Waals surface area contributed by atoms with Gasteiger partial charge in [-0.2, -0.15) is 0 Å². The second kappa shape index (κ2) is 13.8. The van der Waals surface area contributed by atoms with Gasteiger partial charge in [0.25, 0.3) is 0 Å². The van der Waals surface area contributed by atoms with E-state index in [0.29, 0.717) is 6.42 Å². The number of carbonyl (C=O) groups excluding carboxylic acids is 5. The van der Waals surface area contributed by atoms with E-state index < -0.39 is 84.0 Å². The molecule has 198 valence electrons. The van der Waals surface area contributed by atoms with E-state index in [1.165, 1.54) is 6.92 Å². The number of amides is 5. The fourth-order valence-corrected chi connectivity index (χ4v) is 4.46. The van der Waals surface area contributed by atoms with Crippen LogP contribution in [0.25, 0.3) is 0 Å². The lowest BCUT2D eigenvalue weighted by Gasteiger charge is -2.32. The molecule has 0 bridgehead atoms. The molecule has 4 unspecified atom stereocenters. The number of thioether (sulfide) groups is 1. The molecule has 14 nitrogen and oxygen atoms in total. The number of carbonyl (C=O) groups is 6. The number of aliphatic hydroxyl groups is 1. The molecule has 5 amide bonds. The summed E-state index contributed by atoms with van der Waals surface area (Å²) in [6.45, 7) is 4.00. The standard InChI is InChI=1S/C20H34N6O8S/c1-4-8(2)14-15(20(33)34)35-7-10(21)17(30)25-12(6-27)19(32)23-9(3)16(29)24-11(5-13(22)28)18(31)26-14/h8-12,14-15,27H,4-7,21H2,1-3H3,(H2,22,28)(H,23,32)(H,24,29)(H,25,30)(H,26,31)(H,33,34)/t8?,9-,10-,11-,12?,14?,15?/m0/s1.